The number of nitrogens with zero attached hydrogens (tertiary/aromatic N) is 3. The smallest absolute Gasteiger partial charge is 0.224 e. The first-order valence-electron chi connectivity index (χ1n) is 6.40. The van der Waals surface area contributed by atoms with E-state index in [0.717, 1.165) is 25.8 Å². The van der Waals surface area contributed by atoms with E-state index < -0.39 is 5.82 Å². The molecule has 1 aromatic heterocycles. The molecule has 0 unspecified atom stereocenters. The number of aliphatic hydroxyl groups excluding tert-OH is 1. The second-order valence-corrected chi connectivity index (χ2v) is 4.44. The van der Waals surface area contributed by atoms with Gasteiger partial charge in [0.2, 0.25) is 5.95 Å². The molecule has 0 aromatic carbocycles. The molecule has 0 saturated heterocycles. The Kier molecular flexibility index (Phi) is 4.30. The van der Waals surface area contributed by atoms with Crippen LogP contribution in [0.3, 0.4) is 0 Å². The van der Waals surface area contributed by atoms with Gasteiger partial charge in [-0.1, -0.05) is 6.92 Å². The molecule has 0 aliphatic heterocycles. The fourth-order valence-corrected chi connectivity index (χ4v) is 1.84. The number of halogens is 1. The van der Waals surface area contributed by atoms with Crippen LogP contribution in [0.25, 0.3) is 0 Å². The third-order valence-corrected chi connectivity index (χ3v) is 2.86. The predicted molar refractivity (Wildman–Crippen MR) is 68.2 cm³/mol. The largest absolute Gasteiger partial charge is 0.395 e. The Balaban J connectivity index is 2.17. The quantitative estimate of drug-likeness (QED) is 0.770. The van der Waals surface area contributed by atoms with Gasteiger partial charge in [-0.15, -0.1) is 0 Å². The summed E-state index contributed by atoms with van der Waals surface area (Å²) in [6.07, 6.45) is 4.20. The highest BCUT2D eigenvalue weighted by molar-refractivity contribution is 5.46. The van der Waals surface area contributed by atoms with E-state index >= 15 is 0 Å². The molecule has 6 heteroatoms. The van der Waals surface area contributed by atoms with Crippen molar-refractivity contribution in [1.29, 1.82) is 0 Å². The highest BCUT2D eigenvalue weighted by atomic mass is 19.1. The van der Waals surface area contributed by atoms with Gasteiger partial charge in [0.15, 0.2) is 11.6 Å². The number of nitrogens with one attached hydrogen (secondary N) is 1. The molecule has 1 aliphatic rings. The lowest BCUT2D eigenvalue weighted by Gasteiger charge is -2.23. The van der Waals surface area contributed by atoms with Gasteiger partial charge in [0.25, 0.3) is 0 Å². The Morgan fingerprint density at radius 3 is 2.94 bits per heavy atom. The van der Waals surface area contributed by atoms with E-state index in [4.69, 9.17) is 5.11 Å². The van der Waals surface area contributed by atoms with Crippen LogP contribution in [0.5, 0.6) is 0 Å². The van der Waals surface area contributed by atoms with Gasteiger partial charge in [-0.25, -0.2) is 9.37 Å². The lowest BCUT2D eigenvalue weighted by molar-refractivity contribution is 0.300. The van der Waals surface area contributed by atoms with Gasteiger partial charge in [-0.05, 0) is 19.3 Å². The maximum atomic E-state index is 13.8. The lowest BCUT2D eigenvalue weighted by Crippen LogP contribution is -2.31. The SMILES string of the molecule is CCCNc1ncc(F)c(N(CCO)C2CC2)n1. The van der Waals surface area contributed by atoms with Crippen molar-refractivity contribution in [2.75, 3.05) is 29.9 Å². The molecule has 100 valence electrons. The average Bonchev–Trinajstić information content (AvgIpc) is 3.20. The predicted octanol–water partition coefficient (Wildman–Crippen LogP) is 1.40. The molecule has 5 nitrogen and oxygen atoms in total. The van der Waals surface area contributed by atoms with E-state index in [2.05, 4.69) is 15.3 Å². The van der Waals surface area contributed by atoms with Crippen molar-refractivity contribution in [2.24, 2.45) is 0 Å². The van der Waals surface area contributed by atoms with Gasteiger partial charge in [-0.2, -0.15) is 4.98 Å². The van der Waals surface area contributed by atoms with E-state index in [1.165, 1.54) is 6.20 Å². The van der Waals surface area contributed by atoms with Gasteiger partial charge in [0, 0.05) is 19.1 Å². The second-order valence-electron chi connectivity index (χ2n) is 4.44. The van der Waals surface area contributed by atoms with E-state index in [-0.39, 0.29) is 6.61 Å². The Hall–Kier alpha value is -1.43. The Labute approximate surface area is 106 Å². The van der Waals surface area contributed by atoms with Crippen LogP contribution >= 0.6 is 0 Å². The number of hydrogen-bond donors (Lipinski definition) is 2. The third kappa shape index (κ3) is 3.07. The van der Waals surface area contributed by atoms with Gasteiger partial charge in [0.1, 0.15) is 0 Å². The van der Waals surface area contributed by atoms with Gasteiger partial charge in [0.05, 0.1) is 12.8 Å². The van der Waals surface area contributed by atoms with E-state index in [1.54, 1.807) is 0 Å². The summed E-state index contributed by atoms with van der Waals surface area (Å²) < 4.78 is 13.8. The lowest BCUT2D eigenvalue weighted by atomic mass is 10.4. The molecule has 1 saturated carbocycles. The van der Waals surface area contributed by atoms with E-state index in [1.807, 2.05) is 11.8 Å². The monoisotopic (exact) mass is 254 g/mol. The number of aromatic nitrogens is 2. The summed E-state index contributed by atoms with van der Waals surface area (Å²) in [5.74, 6) is 0.300. The normalized spacial score (nSPS) is 14.6. The van der Waals surface area contributed by atoms with Crippen molar-refractivity contribution >= 4 is 11.8 Å². The summed E-state index contributed by atoms with van der Waals surface area (Å²) in [6.45, 7) is 3.21. The zero-order valence-corrected chi connectivity index (χ0v) is 10.6. The minimum absolute atomic E-state index is 0.00232. The van der Waals surface area contributed by atoms with Crippen LogP contribution < -0.4 is 10.2 Å². The molecule has 0 amide bonds. The molecule has 0 spiro atoms. The Morgan fingerprint density at radius 2 is 2.33 bits per heavy atom. The van der Waals surface area contributed by atoms with E-state index in [0.29, 0.717) is 24.4 Å². The summed E-state index contributed by atoms with van der Waals surface area (Å²) in [4.78, 5) is 9.95. The van der Waals surface area contributed by atoms with Gasteiger partial charge < -0.3 is 15.3 Å². The minimum atomic E-state index is -0.433. The highest BCUT2D eigenvalue weighted by Crippen LogP contribution is 2.31. The molecule has 0 atom stereocenters. The summed E-state index contributed by atoms with van der Waals surface area (Å²) >= 11 is 0. The van der Waals surface area contributed by atoms with Gasteiger partial charge in [-0.3, -0.25) is 0 Å². The zero-order valence-electron chi connectivity index (χ0n) is 10.6. The summed E-state index contributed by atoms with van der Waals surface area (Å²) in [6, 6.07) is 0.306. The fraction of sp³-hybridized carbons (Fsp3) is 0.667. The fourth-order valence-electron chi connectivity index (χ4n) is 1.84. The molecule has 1 fully saturated rings. The molecular formula is C12H19FN4O. The van der Waals surface area contributed by atoms with Crippen molar-refractivity contribution < 1.29 is 9.50 Å². The van der Waals surface area contributed by atoms with Crippen molar-refractivity contribution in [1.82, 2.24) is 9.97 Å². The summed E-state index contributed by atoms with van der Waals surface area (Å²) in [5, 5.41) is 12.1. The van der Waals surface area contributed by atoms with Crippen LogP contribution in [-0.4, -0.2) is 40.8 Å². The maximum Gasteiger partial charge on any atom is 0.224 e. The molecule has 2 N–H and O–H groups in total. The number of aliphatic hydroxyl groups is 1. The maximum absolute atomic E-state index is 13.8. The molecule has 1 heterocycles. The molecule has 18 heavy (non-hydrogen) atoms. The first-order valence-corrected chi connectivity index (χ1v) is 6.40. The van der Waals surface area contributed by atoms with Crippen LogP contribution in [0.1, 0.15) is 26.2 Å². The van der Waals surface area contributed by atoms with Crippen molar-refractivity contribution in [2.45, 2.75) is 32.2 Å². The van der Waals surface area contributed by atoms with Crippen LogP contribution in [0, 0.1) is 5.82 Å². The van der Waals surface area contributed by atoms with E-state index in [9.17, 15) is 4.39 Å². The standard InChI is InChI=1S/C12H19FN4O/c1-2-5-14-12-15-8-10(13)11(16-12)17(6-7-18)9-3-4-9/h8-9,18H,2-7H2,1H3,(H,14,15,16). The van der Waals surface area contributed by atoms with Crippen LogP contribution in [0.2, 0.25) is 0 Å². The molecule has 1 aliphatic carbocycles. The molecule has 1 aromatic rings. The molecular weight excluding hydrogens is 235 g/mol. The zero-order chi connectivity index (χ0) is 13.0. The topological polar surface area (TPSA) is 61.3 Å². The average molecular weight is 254 g/mol. The summed E-state index contributed by atoms with van der Waals surface area (Å²) in [5.41, 5.74) is 0. The molecule has 0 radical (unpaired) electrons. The Bertz CT molecular complexity index is 398. The number of hydrogen-bond acceptors (Lipinski definition) is 5. The van der Waals surface area contributed by atoms with Crippen molar-refractivity contribution in [3.8, 4) is 0 Å². The van der Waals surface area contributed by atoms with Gasteiger partial charge >= 0.3 is 0 Å². The number of anilines is 2. The third-order valence-electron chi connectivity index (χ3n) is 2.86. The first-order chi connectivity index (χ1) is 8.76. The molecule has 2 rings (SSSR count). The first kappa shape index (κ1) is 13.0. The van der Waals surface area contributed by atoms with Crippen molar-refractivity contribution in [3.63, 3.8) is 0 Å². The number of rotatable bonds is 7. The second kappa shape index (κ2) is 5.95. The minimum Gasteiger partial charge on any atom is -0.395 e. The van der Waals surface area contributed by atoms with Crippen LogP contribution in [-0.2, 0) is 0 Å². The van der Waals surface area contributed by atoms with Crippen molar-refractivity contribution in [3.05, 3.63) is 12.0 Å². The molecule has 0 bridgehead atoms. The highest BCUT2D eigenvalue weighted by Gasteiger charge is 2.31. The van der Waals surface area contributed by atoms with Crippen LogP contribution in [0.4, 0.5) is 16.2 Å². The summed E-state index contributed by atoms with van der Waals surface area (Å²) in [7, 11) is 0. The van der Waals surface area contributed by atoms with Crippen LogP contribution in [0.15, 0.2) is 6.20 Å². The Morgan fingerprint density at radius 1 is 1.56 bits per heavy atom.